The Balaban J connectivity index is 2.90. The molecule has 0 saturated carbocycles. The first-order valence-corrected chi connectivity index (χ1v) is 6.26. The van der Waals surface area contributed by atoms with Crippen LogP contribution in [0.2, 0.25) is 0 Å². The van der Waals surface area contributed by atoms with E-state index in [0.717, 1.165) is 12.2 Å². The van der Waals surface area contributed by atoms with E-state index >= 15 is 0 Å². The van der Waals surface area contributed by atoms with Gasteiger partial charge in [-0.1, -0.05) is 26.0 Å². The third-order valence-corrected chi connectivity index (χ3v) is 2.79. The Kier molecular flexibility index (Phi) is 4.58. The summed E-state index contributed by atoms with van der Waals surface area (Å²) < 4.78 is 5.69. The summed E-state index contributed by atoms with van der Waals surface area (Å²) in [5.74, 6) is 0.899. The number of rotatable bonds is 5. The van der Waals surface area contributed by atoms with Crippen molar-refractivity contribution in [3.63, 3.8) is 0 Å². The van der Waals surface area contributed by atoms with E-state index in [-0.39, 0.29) is 17.6 Å². The van der Waals surface area contributed by atoms with Crippen LogP contribution in [0, 0.1) is 0 Å². The summed E-state index contributed by atoms with van der Waals surface area (Å²) in [6, 6.07) is 8.15. The van der Waals surface area contributed by atoms with Gasteiger partial charge in [0.1, 0.15) is 5.75 Å². The fraction of sp³-hybridized carbons (Fsp3) is 0.600. The summed E-state index contributed by atoms with van der Waals surface area (Å²) in [7, 11) is 0. The van der Waals surface area contributed by atoms with Crippen molar-refractivity contribution < 1.29 is 9.84 Å². The molecule has 2 nitrogen and oxygen atoms in total. The fourth-order valence-corrected chi connectivity index (χ4v) is 2.12. The van der Waals surface area contributed by atoms with Crippen molar-refractivity contribution >= 4 is 0 Å². The molecule has 0 spiro atoms. The van der Waals surface area contributed by atoms with Crippen LogP contribution < -0.4 is 4.74 Å². The van der Waals surface area contributed by atoms with E-state index in [1.807, 2.05) is 32.9 Å². The molecule has 0 heterocycles. The summed E-state index contributed by atoms with van der Waals surface area (Å²) in [5, 5.41) is 9.53. The monoisotopic (exact) mass is 236 g/mol. The highest BCUT2D eigenvalue weighted by Gasteiger charge is 2.23. The number of hydrogen-bond acceptors (Lipinski definition) is 2. The van der Waals surface area contributed by atoms with Gasteiger partial charge in [0.05, 0.1) is 12.2 Å². The van der Waals surface area contributed by atoms with E-state index in [9.17, 15) is 5.11 Å². The normalized spacial score (nSPS) is 13.8. The van der Waals surface area contributed by atoms with Gasteiger partial charge in [-0.05, 0) is 50.3 Å². The Morgan fingerprint density at radius 2 is 1.88 bits per heavy atom. The Labute approximate surface area is 105 Å². The number of hydrogen-bond donors (Lipinski definition) is 1. The average Bonchev–Trinajstić information content (AvgIpc) is 2.15. The van der Waals surface area contributed by atoms with Crippen LogP contribution in [0.15, 0.2) is 24.3 Å². The molecule has 1 aromatic carbocycles. The molecular weight excluding hydrogens is 212 g/mol. The molecule has 0 saturated heterocycles. The lowest BCUT2D eigenvalue weighted by Crippen LogP contribution is -2.23. The van der Waals surface area contributed by atoms with Crippen LogP contribution in [0.4, 0.5) is 0 Å². The van der Waals surface area contributed by atoms with Gasteiger partial charge in [-0.3, -0.25) is 0 Å². The Morgan fingerprint density at radius 1 is 1.24 bits per heavy atom. The number of aliphatic hydroxyl groups is 1. The van der Waals surface area contributed by atoms with Crippen molar-refractivity contribution in [2.75, 3.05) is 0 Å². The maximum atomic E-state index is 9.53. The lowest BCUT2D eigenvalue weighted by atomic mass is 9.80. The van der Waals surface area contributed by atoms with E-state index in [2.05, 4.69) is 26.0 Å². The first kappa shape index (κ1) is 14.0. The maximum absolute atomic E-state index is 9.53. The molecule has 96 valence electrons. The lowest BCUT2D eigenvalue weighted by Gasteiger charge is -2.27. The van der Waals surface area contributed by atoms with E-state index in [1.54, 1.807) is 0 Å². The molecule has 1 rings (SSSR count). The fourth-order valence-electron chi connectivity index (χ4n) is 2.12. The minimum Gasteiger partial charge on any atom is -0.491 e. The number of benzene rings is 1. The molecule has 0 radical (unpaired) electrons. The maximum Gasteiger partial charge on any atom is 0.119 e. The Morgan fingerprint density at radius 3 is 2.41 bits per heavy atom. The van der Waals surface area contributed by atoms with Crippen molar-refractivity contribution in [3.8, 4) is 5.75 Å². The first-order valence-electron chi connectivity index (χ1n) is 6.26. The molecule has 0 aliphatic rings. The highest BCUT2D eigenvalue weighted by molar-refractivity contribution is 5.33. The smallest absolute Gasteiger partial charge is 0.119 e. The van der Waals surface area contributed by atoms with Gasteiger partial charge in [0.2, 0.25) is 0 Å². The third-order valence-electron chi connectivity index (χ3n) is 2.79. The largest absolute Gasteiger partial charge is 0.491 e. The molecule has 0 fully saturated rings. The molecule has 1 unspecified atom stereocenters. The summed E-state index contributed by atoms with van der Waals surface area (Å²) in [4.78, 5) is 0. The van der Waals surface area contributed by atoms with Crippen LogP contribution in [0.3, 0.4) is 0 Å². The zero-order valence-electron chi connectivity index (χ0n) is 11.5. The lowest BCUT2D eigenvalue weighted by molar-refractivity contribution is 0.156. The van der Waals surface area contributed by atoms with Crippen LogP contribution in [-0.2, 0) is 5.41 Å². The van der Waals surface area contributed by atoms with Crippen LogP contribution in [0.1, 0.15) is 46.6 Å². The summed E-state index contributed by atoms with van der Waals surface area (Å²) in [6.07, 6.45) is 0.641. The van der Waals surface area contributed by atoms with Gasteiger partial charge in [-0.25, -0.2) is 0 Å². The van der Waals surface area contributed by atoms with Gasteiger partial charge >= 0.3 is 0 Å². The Hall–Kier alpha value is -1.02. The van der Waals surface area contributed by atoms with Gasteiger partial charge in [-0.2, -0.15) is 0 Å². The molecule has 0 amide bonds. The van der Waals surface area contributed by atoms with Gasteiger partial charge in [0.15, 0.2) is 0 Å². The second-order valence-electron chi connectivity index (χ2n) is 5.63. The minimum absolute atomic E-state index is 0.0372. The highest BCUT2D eigenvalue weighted by Crippen LogP contribution is 2.30. The van der Waals surface area contributed by atoms with Crippen molar-refractivity contribution in [2.24, 2.45) is 0 Å². The molecule has 1 N–H and O–H groups in total. The molecule has 2 heteroatoms. The summed E-state index contributed by atoms with van der Waals surface area (Å²) in [6.45, 7) is 10.2. The predicted octanol–water partition coefficient (Wildman–Crippen LogP) is 3.52. The molecule has 17 heavy (non-hydrogen) atoms. The molecule has 1 aromatic rings. The van der Waals surface area contributed by atoms with Crippen molar-refractivity contribution in [2.45, 2.75) is 58.7 Å². The molecule has 0 aliphatic carbocycles. The minimum atomic E-state index is -0.292. The Bertz CT molecular complexity index is 354. The van der Waals surface area contributed by atoms with Crippen LogP contribution in [0.25, 0.3) is 0 Å². The second kappa shape index (κ2) is 5.54. The SMILES string of the molecule is CC(O)CC(C)(C)c1cccc(OC(C)C)c1. The molecular formula is C15H24O2. The van der Waals surface area contributed by atoms with Gasteiger partial charge in [0, 0.05) is 0 Å². The first-order chi connectivity index (χ1) is 7.81. The average molecular weight is 236 g/mol. The molecule has 0 bridgehead atoms. The quantitative estimate of drug-likeness (QED) is 0.847. The molecule has 0 aliphatic heterocycles. The van der Waals surface area contributed by atoms with E-state index < -0.39 is 0 Å². The molecule has 1 atom stereocenters. The van der Waals surface area contributed by atoms with Crippen LogP contribution in [-0.4, -0.2) is 17.3 Å². The number of ether oxygens (including phenoxy) is 1. The van der Waals surface area contributed by atoms with Gasteiger partial charge in [-0.15, -0.1) is 0 Å². The van der Waals surface area contributed by atoms with Crippen molar-refractivity contribution in [3.05, 3.63) is 29.8 Å². The predicted molar refractivity (Wildman–Crippen MR) is 71.5 cm³/mol. The second-order valence-corrected chi connectivity index (χ2v) is 5.63. The zero-order chi connectivity index (χ0) is 13.1. The van der Waals surface area contributed by atoms with Crippen LogP contribution in [0.5, 0.6) is 5.75 Å². The van der Waals surface area contributed by atoms with E-state index in [0.29, 0.717) is 0 Å². The standard InChI is InChI=1S/C15H24O2/c1-11(2)17-14-8-6-7-13(9-14)15(4,5)10-12(3)16/h6-9,11-12,16H,10H2,1-5H3. The van der Waals surface area contributed by atoms with Crippen molar-refractivity contribution in [1.82, 2.24) is 0 Å². The van der Waals surface area contributed by atoms with Crippen LogP contribution >= 0.6 is 0 Å². The van der Waals surface area contributed by atoms with E-state index in [4.69, 9.17) is 4.74 Å². The molecule has 0 aromatic heterocycles. The summed E-state index contributed by atoms with van der Waals surface area (Å²) in [5.41, 5.74) is 1.17. The zero-order valence-corrected chi connectivity index (χ0v) is 11.5. The number of aliphatic hydroxyl groups excluding tert-OH is 1. The highest BCUT2D eigenvalue weighted by atomic mass is 16.5. The third kappa shape index (κ3) is 4.39. The van der Waals surface area contributed by atoms with Crippen molar-refractivity contribution in [1.29, 1.82) is 0 Å². The summed E-state index contributed by atoms with van der Waals surface area (Å²) >= 11 is 0. The van der Waals surface area contributed by atoms with Gasteiger partial charge in [0.25, 0.3) is 0 Å². The topological polar surface area (TPSA) is 29.5 Å². The van der Waals surface area contributed by atoms with Gasteiger partial charge < -0.3 is 9.84 Å². The van der Waals surface area contributed by atoms with E-state index in [1.165, 1.54) is 5.56 Å².